The minimum Gasteiger partial charge on any atom is -0.496 e. The molecule has 0 amide bonds. The van der Waals surface area contributed by atoms with Gasteiger partial charge in [-0.15, -0.1) is 11.6 Å². The van der Waals surface area contributed by atoms with E-state index in [-0.39, 0.29) is 11.5 Å². The molecule has 0 bridgehead atoms. The fourth-order valence-corrected chi connectivity index (χ4v) is 4.10. The smallest absolute Gasteiger partial charge is 0.123 e. The molecule has 1 fully saturated rings. The Labute approximate surface area is 120 Å². The summed E-state index contributed by atoms with van der Waals surface area (Å²) in [5.74, 6) is 3.72. The maximum atomic E-state index is 6.09. The number of hydrogen-bond donors (Lipinski definition) is 0. The van der Waals surface area contributed by atoms with Crippen molar-refractivity contribution in [3.05, 3.63) is 23.3 Å². The second-order valence-electron chi connectivity index (χ2n) is 6.39. The van der Waals surface area contributed by atoms with E-state index in [2.05, 4.69) is 32.9 Å². The van der Waals surface area contributed by atoms with Crippen molar-refractivity contribution >= 4 is 11.6 Å². The molecule has 3 atom stereocenters. The summed E-state index contributed by atoms with van der Waals surface area (Å²) in [6.45, 7) is 6.66. The Kier molecular flexibility index (Phi) is 2.97. The van der Waals surface area contributed by atoms with E-state index in [4.69, 9.17) is 21.1 Å². The first-order valence-corrected chi connectivity index (χ1v) is 7.46. The van der Waals surface area contributed by atoms with Crippen molar-refractivity contribution in [2.45, 2.75) is 39.2 Å². The maximum Gasteiger partial charge on any atom is 0.123 e. The number of halogens is 1. The summed E-state index contributed by atoms with van der Waals surface area (Å²) in [7, 11) is 1.75. The van der Waals surface area contributed by atoms with Crippen LogP contribution in [0.2, 0.25) is 0 Å². The van der Waals surface area contributed by atoms with E-state index in [9.17, 15) is 0 Å². The highest BCUT2D eigenvalue weighted by molar-refractivity contribution is 6.18. The number of hydrogen-bond acceptors (Lipinski definition) is 2. The predicted octanol–water partition coefficient (Wildman–Crippen LogP) is 4.00. The third-order valence-electron chi connectivity index (χ3n) is 4.80. The summed E-state index contributed by atoms with van der Waals surface area (Å²) in [6.07, 6.45) is 1.24. The fraction of sp³-hybridized carbons (Fsp3) is 0.625. The van der Waals surface area contributed by atoms with E-state index >= 15 is 0 Å². The van der Waals surface area contributed by atoms with Crippen LogP contribution in [0.15, 0.2) is 12.1 Å². The maximum absolute atomic E-state index is 6.09. The van der Waals surface area contributed by atoms with Gasteiger partial charge in [0.25, 0.3) is 0 Å². The normalized spacial score (nSPS) is 30.7. The van der Waals surface area contributed by atoms with Gasteiger partial charge < -0.3 is 9.47 Å². The molecule has 104 valence electrons. The standard InChI is InChI=1S/C16H21ClO2/c1-9-5-10-6-14(18-4)11(7-13(10)19-9)15-12(8-17)16(15,2)3/h6-7,9,12,15H,5,8H2,1-4H3. The first-order chi connectivity index (χ1) is 8.98. The van der Waals surface area contributed by atoms with Crippen LogP contribution in [0.1, 0.15) is 37.8 Å². The molecular formula is C16H21ClO2. The molecule has 1 heterocycles. The molecule has 0 N–H and O–H groups in total. The minimum atomic E-state index is 0.257. The molecule has 2 nitrogen and oxygen atoms in total. The van der Waals surface area contributed by atoms with Crippen molar-refractivity contribution in [3.8, 4) is 11.5 Å². The van der Waals surface area contributed by atoms with E-state index in [1.54, 1.807) is 7.11 Å². The van der Waals surface area contributed by atoms with Gasteiger partial charge in [0.2, 0.25) is 0 Å². The average molecular weight is 281 g/mol. The molecule has 3 unspecified atom stereocenters. The van der Waals surface area contributed by atoms with Crippen LogP contribution in [0.5, 0.6) is 11.5 Å². The molecule has 3 rings (SSSR count). The van der Waals surface area contributed by atoms with E-state index in [1.807, 2.05) is 0 Å². The lowest BCUT2D eigenvalue weighted by molar-refractivity contribution is 0.254. The summed E-state index contributed by atoms with van der Waals surface area (Å²) in [4.78, 5) is 0. The zero-order chi connectivity index (χ0) is 13.8. The molecule has 3 heteroatoms. The summed E-state index contributed by atoms with van der Waals surface area (Å²) >= 11 is 6.09. The summed E-state index contributed by atoms with van der Waals surface area (Å²) < 4.78 is 11.5. The number of fused-ring (bicyclic) bond motifs is 1. The lowest BCUT2D eigenvalue weighted by Gasteiger charge is -2.12. The molecule has 1 aliphatic heterocycles. The summed E-state index contributed by atoms with van der Waals surface area (Å²) in [5, 5.41) is 0. The molecule has 19 heavy (non-hydrogen) atoms. The number of alkyl halides is 1. The largest absolute Gasteiger partial charge is 0.496 e. The van der Waals surface area contributed by atoms with Crippen LogP contribution in [-0.2, 0) is 6.42 Å². The molecule has 1 saturated carbocycles. The Morgan fingerprint density at radius 1 is 1.42 bits per heavy atom. The van der Waals surface area contributed by atoms with Gasteiger partial charge in [0, 0.05) is 23.4 Å². The van der Waals surface area contributed by atoms with Crippen molar-refractivity contribution in [1.82, 2.24) is 0 Å². The van der Waals surface area contributed by atoms with Crippen molar-refractivity contribution in [2.24, 2.45) is 11.3 Å². The van der Waals surface area contributed by atoms with Crippen LogP contribution in [0, 0.1) is 11.3 Å². The van der Waals surface area contributed by atoms with Gasteiger partial charge in [-0.05, 0) is 36.3 Å². The summed E-state index contributed by atoms with van der Waals surface area (Å²) in [5.41, 5.74) is 2.77. The molecule has 0 aromatic heterocycles. The van der Waals surface area contributed by atoms with E-state index in [0.717, 1.165) is 17.9 Å². The Morgan fingerprint density at radius 3 is 2.74 bits per heavy atom. The van der Waals surface area contributed by atoms with Crippen LogP contribution in [0.3, 0.4) is 0 Å². The van der Waals surface area contributed by atoms with Gasteiger partial charge in [0.05, 0.1) is 7.11 Å². The average Bonchev–Trinajstić information content (AvgIpc) is 2.72. The zero-order valence-corrected chi connectivity index (χ0v) is 12.8. The molecule has 0 radical (unpaired) electrons. The van der Waals surface area contributed by atoms with Gasteiger partial charge in [-0.25, -0.2) is 0 Å². The number of methoxy groups -OCH3 is 1. The summed E-state index contributed by atoms with van der Waals surface area (Å²) in [6, 6.07) is 4.32. The van der Waals surface area contributed by atoms with Gasteiger partial charge in [0.15, 0.2) is 0 Å². The van der Waals surface area contributed by atoms with Crippen molar-refractivity contribution in [3.63, 3.8) is 0 Å². The lowest BCUT2D eigenvalue weighted by Crippen LogP contribution is -2.05. The Morgan fingerprint density at radius 2 is 2.16 bits per heavy atom. The third kappa shape index (κ3) is 1.92. The monoisotopic (exact) mass is 280 g/mol. The fourth-order valence-electron chi connectivity index (χ4n) is 3.52. The molecule has 2 aliphatic rings. The first-order valence-electron chi connectivity index (χ1n) is 6.92. The highest BCUT2D eigenvalue weighted by atomic mass is 35.5. The zero-order valence-electron chi connectivity index (χ0n) is 12.0. The third-order valence-corrected chi connectivity index (χ3v) is 5.13. The van der Waals surface area contributed by atoms with Crippen LogP contribution in [0.25, 0.3) is 0 Å². The van der Waals surface area contributed by atoms with Gasteiger partial charge in [-0.3, -0.25) is 0 Å². The van der Waals surface area contributed by atoms with Gasteiger partial charge in [-0.1, -0.05) is 13.8 Å². The van der Waals surface area contributed by atoms with Crippen molar-refractivity contribution in [2.75, 3.05) is 13.0 Å². The number of rotatable bonds is 3. The quantitative estimate of drug-likeness (QED) is 0.779. The van der Waals surface area contributed by atoms with E-state index in [0.29, 0.717) is 17.7 Å². The minimum absolute atomic E-state index is 0.257. The number of benzene rings is 1. The second-order valence-corrected chi connectivity index (χ2v) is 6.70. The Hall–Kier alpha value is -0.890. The number of ether oxygens (including phenoxy) is 2. The topological polar surface area (TPSA) is 18.5 Å². The van der Waals surface area contributed by atoms with Gasteiger partial charge in [0.1, 0.15) is 17.6 Å². The van der Waals surface area contributed by atoms with Crippen LogP contribution in [-0.4, -0.2) is 19.1 Å². The van der Waals surface area contributed by atoms with Crippen LogP contribution >= 0.6 is 11.6 Å². The van der Waals surface area contributed by atoms with E-state index < -0.39 is 0 Å². The van der Waals surface area contributed by atoms with E-state index in [1.165, 1.54) is 11.1 Å². The van der Waals surface area contributed by atoms with Gasteiger partial charge in [-0.2, -0.15) is 0 Å². The molecule has 1 aromatic rings. The molecule has 0 saturated heterocycles. The molecule has 1 aliphatic carbocycles. The van der Waals surface area contributed by atoms with Crippen LogP contribution < -0.4 is 9.47 Å². The van der Waals surface area contributed by atoms with Crippen molar-refractivity contribution < 1.29 is 9.47 Å². The Bertz CT molecular complexity index is 510. The SMILES string of the molecule is COc1cc2c(cc1C1C(CCl)C1(C)C)OC(C)C2. The predicted molar refractivity (Wildman–Crippen MR) is 77.5 cm³/mol. The molecular weight excluding hydrogens is 260 g/mol. The molecule has 1 aromatic carbocycles. The van der Waals surface area contributed by atoms with Gasteiger partial charge >= 0.3 is 0 Å². The first kappa shape index (κ1) is 13.1. The highest BCUT2D eigenvalue weighted by Crippen LogP contribution is 2.66. The van der Waals surface area contributed by atoms with Crippen LogP contribution in [0.4, 0.5) is 0 Å². The second kappa shape index (κ2) is 4.31. The highest BCUT2D eigenvalue weighted by Gasteiger charge is 2.58. The Balaban J connectivity index is 2.01. The molecule has 0 spiro atoms. The lowest BCUT2D eigenvalue weighted by atomic mass is 9.99. The van der Waals surface area contributed by atoms with Crippen molar-refractivity contribution in [1.29, 1.82) is 0 Å².